The van der Waals surface area contributed by atoms with Crippen LogP contribution in [-0.4, -0.2) is 33.7 Å². The number of aromatic nitrogens is 2. The minimum Gasteiger partial charge on any atom is -0.478 e. The molecule has 0 radical (unpaired) electrons. The summed E-state index contributed by atoms with van der Waals surface area (Å²) in [5.41, 5.74) is 1.43. The van der Waals surface area contributed by atoms with Crippen molar-refractivity contribution in [1.82, 2.24) is 14.9 Å². The fourth-order valence-corrected chi connectivity index (χ4v) is 2.69. The predicted molar refractivity (Wildman–Crippen MR) is 90.8 cm³/mol. The predicted octanol–water partition coefficient (Wildman–Crippen LogP) is 3.34. The average Bonchev–Trinajstić information content (AvgIpc) is 3.28. The van der Waals surface area contributed by atoms with Crippen molar-refractivity contribution in [2.45, 2.75) is 38.6 Å². The summed E-state index contributed by atoms with van der Waals surface area (Å²) in [7, 11) is 0. The Morgan fingerprint density at radius 1 is 1.30 bits per heavy atom. The number of carboxylic acids is 1. The van der Waals surface area contributed by atoms with Gasteiger partial charge in [0.2, 0.25) is 0 Å². The van der Waals surface area contributed by atoms with Gasteiger partial charge in [-0.1, -0.05) is 25.5 Å². The van der Waals surface area contributed by atoms with Crippen molar-refractivity contribution in [3.8, 4) is 0 Å². The van der Waals surface area contributed by atoms with Crippen molar-refractivity contribution >= 4 is 5.97 Å². The van der Waals surface area contributed by atoms with Crippen LogP contribution in [0.4, 0.5) is 0 Å². The maximum absolute atomic E-state index is 10.8. The highest BCUT2D eigenvalue weighted by Gasteiger charge is 2.12. The number of carbonyl (C=O) groups is 1. The number of carboxylic acid groups (broad SMARTS) is 1. The van der Waals surface area contributed by atoms with Crippen LogP contribution in [0.25, 0.3) is 0 Å². The van der Waals surface area contributed by atoms with Gasteiger partial charge in [0.15, 0.2) is 0 Å². The summed E-state index contributed by atoms with van der Waals surface area (Å²) < 4.78 is 2.05. The van der Waals surface area contributed by atoms with Gasteiger partial charge in [-0.25, -0.2) is 9.78 Å². The summed E-state index contributed by atoms with van der Waals surface area (Å²) in [5, 5.41) is 12.1. The third-order valence-electron chi connectivity index (χ3n) is 3.95. The standard InChI is InChI=1S/C14H16N2O2.C4H9N/c1-2-3-13(16-9-8-15-10-16)11-4-6-12(7-5-11)14(17)18;1-2-4-5-3-1/h4-10,13H,2-3H2,1H3,(H,17,18);5H,1-4H2. The fourth-order valence-electron chi connectivity index (χ4n) is 2.69. The monoisotopic (exact) mass is 315 g/mol. The maximum atomic E-state index is 10.8. The van der Waals surface area contributed by atoms with Crippen LogP contribution in [0, 0.1) is 0 Å². The quantitative estimate of drug-likeness (QED) is 0.888. The molecule has 1 atom stereocenters. The number of hydrogen-bond acceptors (Lipinski definition) is 3. The van der Waals surface area contributed by atoms with E-state index in [2.05, 4.69) is 21.8 Å². The van der Waals surface area contributed by atoms with Crippen LogP contribution < -0.4 is 5.32 Å². The smallest absolute Gasteiger partial charge is 0.335 e. The van der Waals surface area contributed by atoms with Crippen LogP contribution in [-0.2, 0) is 0 Å². The van der Waals surface area contributed by atoms with Gasteiger partial charge in [-0.2, -0.15) is 0 Å². The summed E-state index contributed by atoms with van der Waals surface area (Å²) in [5.74, 6) is -0.892. The molecule has 1 unspecified atom stereocenters. The number of imidazole rings is 1. The lowest BCUT2D eigenvalue weighted by Gasteiger charge is -2.18. The van der Waals surface area contributed by atoms with E-state index in [1.54, 1.807) is 24.7 Å². The first-order chi connectivity index (χ1) is 11.2. The van der Waals surface area contributed by atoms with Gasteiger partial charge >= 0.3 is 5.97 Å². The highest BCUT2D eigenvalue weighted by atomic mass is 16.4. The van der Waals surface area contributed by atoms with Crippen molar-refractivity contribution < 1.29 is 9.90 Å². The first-order valence-corrected chi connectivity index (χ1v) is 8.23. The lowest BCUT2D eigenvalue weighted by atomic mass is 10.0. The second-order valence-electron chi connectivity index (χ2n) is 5.70. The molecule has 2 aromatic rings. The molecule has 0 spiro atoms. The van der Waals surface area contributed by atoms with Crippen LogP contribution in [0.15, 0.2) is 43.0 Å². The SMILES string of the molecule is C1CCNC1.CCCC(c1ccc(C(=O)O)cc1)n1ccnc1. The van der Waals surface area contributed by atoms with E-state index in [-0.39, 0.29) is 6.04 Å². The highest BCUT2D eigenvalue weighted by molar-refractivity contribution is 5.87. The Bertz CT molecular complexity index is 567. The second-order valence-corrected chi connectivity index (χ2v) is 5.70. The molecule has 0 aliphatic carbocycles. The largest absolute Gasteiger partial charge is 0.478 e. The van der Waals surface area contributed by atoms with Crippen molar-refractivity contribution in [3.63, 3.8) is 0 Å². The molecule has 3 rings (SSSR count). The van der Waals surface area contributed by atoms with Crippen molar-refractivity contribution in [2.24, 2.45) is 0 Å². The Morgan fingerprint density at radius 2 is 2.00 bits per heavy atom. The molecule has 2 heterocycles. The van der Waals surface area contributed by atoms with Gasteiger partial charge in [-0.05, 0) is 50.0 Å². The van der Waals surface area contributed by atoms with E-state index < -0.39 is 5.97 Å². The van der Waals surface area contributed by atoms with Crippen molar-refractivity contribution in [3.05, 3.63) is 54.1 Å². The fraction of sp³-hybridized carbons (Fsp3) is 0.444. The number of hydrogen-bond donors (Lipinski definition) is 2. The molecule has 1 aromatic heterocycles. The molecule has 2 N–H and O–H groups in total. The first-order valence-electron chi connectivity index (χ1n) is 8.23. The number of rotatable bonds is 5. The van der Waals surface area contributed by atoms with E-state index in [4.69, 9.17) is 5.11 Å². The van der Waals surface area contributed by atoms with Gasteiger partial charge in [0.05, 0.1) is 17.9 Å². The lowest BCUT2D eigenvalue weighted by molar-refractivity contribution is 0.0697. The summed E-state index contributed by atoms with van der Waals surface area (Å²) in [6, 6.07) is 7.28. The van der Waals surface area contributed by atoms with Gasteiger partial charge in [-0.3, -0.25) is 0 Å². The molecule has 0 saturated carbocycles. The normalized spacial score (nSPS) is 14.8. The second kappa shape index (κ2) is 9.10. The van der Waals surface area contributed by atoms with Crippen LogP contribution in [0.3, 0.4) is 0 Å². The van der Waals surface area contributed by atoms with Crippen molar-refractivity contribution in [2.75, 3.05) is 13.1 Å². The molecule has 1 aliphatic heterocycles. The van der Waals surface area contributed by atoms with Crippen molar-refractivity contribution in [1.29, 1.82) is 0 Å². The Morgan fingerprint density at radius 3 is 2.43 bits per heavy atom. The van der Waals surface area contributed by atoms with E-state index in [0.29, 0.717) is 5.56 Å². The van der Waals surface area contributed by atoms with E-state index in [0.717, 1.165) is 18.4 Å². The minimum atomic E-state index is -0.892. The Balaban J connectivity index is 0.000000326. The van der Waals surface area contributed by atoms with E-state index >= 15 is 0 Å². The van der Waals surface area contributed by atoms with Gasteiger partial charge in [-0.15, -0.1) is 0 Å². The summed E-state index contributed by atoms with van der Waals surface area (Å²) in [6.07, 6.45) is 10.3. The maximum Gasteiger partial charge on any atom is 0.335 e. The van der Waals surface area contributed by atoms with Crippen LogP contribution in [0.2, 0.25) is 0 Å². The molecule has 23 heavy (non-hydrogen) atoms. The molecule has 5 heteroatoms. The van der Waals surface area contributed by atoms with Gasteiger partial charge in [0, 0.05) is 12.4 Å². The summed E-state index contributed by atoms with van der Waals surface area (Å²) in [6.45, 7) is 4.63. The molecular weight excluding hydrogens is 290 g/mol. The van der Waals surface area contributed by atoms with Crippen LogP contribution in [0.5, 0.6) is 0 Å². The molecule has 0 amide bonds. The highest BCUT2D eigenvalue weighted by Crippen LogP contribution is 2.23. The minimum absolute atomic E-state index is 0.223. The molecule has 1 aromatic carbocycles. The van der Waals surface area contributed by atoms with E-state index in [9.17, 15) is 4.79 Å². The van der Waals surface area contributed by atoms with Crippen LogP contribution >= 0.6 is 0 Å². The van der Waals surface area contributed by atoms with Gasteiger partial charge in [0.1, 0.15) is 0 Å². The number of nitrogens with zero attached hydrogens (tertiary/aromatic N) is 2. The molecule has 5 nitrogen and oxygen atoms in total. The number of benzene rings is 1. The van der Waals surface area contributed by atoms with Gasteiger partial charge in [0.25, 0.3) is 0 Å². The Labute approximate surface area is 137 Å². The third-order valence-corrected chi connectivity index (χ3v) is 3.95. The Hall–Kier alpha value is -2.14. The van der Waals surface area contributed by atoms with E-state index in [1.165, 1.54) is 25.9 Å². The molecule has 1 saturated heterocycles. The van der Waals surface area contributed by atoms with Crippen LogP contribution in [0.1, 0.15) is 54.6 Å². The molecule has 1 aliphatic rings. The number of aromatic carboxylic acids is 1. The topological polar surface area (TPSA) is 67.2 Å². The van der Waals surface area contributed by atoms with Gasteiger partial charge < -0.3 is 15.0 Å². The zero-order valence-corrected chi connectivity index (χ0v) is 13.6. The molecular formula is C18H25N3O2. The zero-order valence-electron chi connectivity index (χ0n) is 13.6. The average molecular weight is 315 g/mol. The first kappa shape index (κ1) is 17.2. The molecule has 1 fully saturated rings. The zero-order chi connectivity index (χ0) is 16.5. The summed E-state index contributed by atoms with van der Waals surface area (Å²) in [4.78, 5) is 14.9. The molecule has 0 bridgehead atoms. The number of nitrogens with one attached hydrogen (secondary N) is 1. The third kappa shape index (κ3) is 5.21. The lowest BCUT2D eigenvalue weighted by Crippen LogP contribution is -2.09. The Kier molecular flexibility index (Phi) is 6.81. The van der Waals surface area contributed by atoms with E-state index in [1.807, 2.05) is 18.3 Å². The molecule has 124 valence electrons. The summed E-state index contributed by atoms with van der Waals surface area (Å²) >= 11 is 0.